The number of ether oxygens (including phenoxy) is 1. The molecule has 1 aliphatic heterocycles. The molecule has 5 rings (SSSR count). The summed E-state index contributed by atoms with van der Waals surface area (Å²) in [6.45, 7) is 0. The Labute approximate surface area is 211 Å². The number of nitro benzene ring substituents is 1. The maximum atomic E-state index is 11.1. The number of hydrogen-bond donors (Lipinski definition) is 1. The van der Waals surface area contributed by atoms with E-state index in [0.717, 1.165) is 22.8 Å². The van der Waals surface area contributed by atoms with Crippen LogP contribution < -0.4 is 15.0 Å². The van der Waals surface area contributed by atoms with Crippen molar-refractivity contribution in [3.63, 3.8) is 0 Å². The molecule has 1 saturated heterocycles. The smallest absolute Gasteiger partial charge is 0.269 e. The van der Waals surface area contributed by atoms with E-state index in [0.29, 0.717) is 15.9 Å². The third kappa shape index (κ3) is 4.20. The Bertz CT molecular complexity index is 1390. The van der Waals surface area contributed by atoms with Crippen molar-refractivity contribution in [2.45, 2.75) is 12.1 Å². The van der Waals surface area contributed by atoms with Crippen molar-refractivity contribution >= 4 is 40.3 Å². The number of thiocarbonyl (C=S) groups is 1. The Morgan fingerprint density at radius 2 is 1.86 bits per heavy atom. The number of rotatable bonds is 6. The summed E-state index contributed by atoms with van der Waals surface area (Å²) in [5.74, 6) is 0.570. The Balaban J connectivity index is 1.64. The van der Waals surface area contributed by atoms with Crippen LogP contribution in [0.4, 0.5) is 11.4 Å². The van der Waals surface area contributed by atoms with E-state index in [1.165, 1.54) is 12.1 Å². The molecule has 0 aliphatic carbocycles. The number of benzene rings is 2. The fraction of sp³-hybridized carbons (Fsp3) is 0.120. The summed E-state index contributed by atoms with van der Waals surface area (Å²) in [7, 11) is 1.57. The second kappa shape index (κ2) is 9.36. The molecule has 2 aromatic carbocycles. The number of nitro groups is 1. The third-order valence-corrected chi connectivity index (χ3v) is 6.54. The molecule has 0 saturated carbocycles. The van der Waals surface area contributed by atoms with Crippen LogP contribution in [0.2, 0.25) is 5.02 Å². The molecule has 2 unspecified atom stereocenters. The second-order valence-electron chi connectivity index (χ2n) is 7.89. The van der Waals surface area contributed by atoms with Crippen LogP contribution in [0.3, 0.4) is 0 Å². The number of aromatic nitrogens is 2. The predicted octanol–water partition coefficient (Wildman–Crippen LogP) is 5.62. The van der Waals surface area contributed by atoms with Gasteiger partial charge in [-0.15, -0.1) is 0 Å². The SMILES string of the molecule is COc1ccc(N2C(=S)NC(c3ccccn3)C2c2cccn2-c2ccc([N+](=O)[O-])cc2)cc1Cl. The molecule has 0 radical (unpaired) electrons. The summed E-state index contributed by atoms with van der Waals surface area (Å²) in [4.78, 5) is 17.3. The first-order chi connectivity index (χ1) is 17.0. The van der Waals surface area contributed by atoms with Crippen LogP contribution in [0.15, 0.2) is 85.2 Å². The van der Waals surface area contributed by atoms with Gasteiger partial charge in [0, 0.05) is 41.6 Å². The van der Waals surface area contributed by atoms with E-state index in [1.54, 1.807) is 31.5 Å². The average molecular weight is 506 g/mol. The third-order valence-electron chi connectivity index (χ3n) is 5.93. The predicted molar refractivity (Wildman–Crippen MR) is 138 cm³/mol. The van der Waals surface area contributed by atoms with Gasteiger partial charge in [0.05, 0.1) is 28.8 Å². The van der Waals surface area contributed by atoms with Gasteiger partial charge in [-0.05, 0) is 66.8 Å². The Hall–Kier alpha value is -3.95. The number of pyridine rings is 1. The maximum Gasteiger partial charge on any atom is 0.269 e. The molecule has 0 amide bonds. The van der Waals surface area contributed by atoms with Crippen molar-refractivity contribution < 1.29 is 9.66 Å². The monoisotopic (exact) mass is 505 g/mol. The number of hydrogen-bond acceptors (Lipinski definition) is 5. The molecule has 1 N–H and O–H groups in total. The first-order valence-electron chi connectivity index (χ1n) is 10.7. The number of nitrogens with zero attached hydrogens (tertiary/aromatic N) is 4. The van der Waals surface area contributed by atoms with Crippen molar-refractivity contribution in [1.29, 1.82) is 0 Å². The van der Waals surface area contributed by atoms with Crippen molar-refractivity contribution in [2.24, 2.45) is 0 Å². The number of non-ortho nitro benzene ring substituents is 1. The first kappa shape index (κ1) is 22.8. The van der Waals surface area contributed by atoms with Crippen LogP contribution in [-0.2, 0) is 0 Å². The molecule has 35 heavy (non-hydrogen) atoms. The minimum absolute atomic E-state index is 0.0343. The highest BCUT2D eigenvalue weighted by Crippen LogP contribution is 2.43. The van der Waals surface area contributed by atoms with Crippen LogP contribution >= 0.6 is 23.8 Å². The van der Waals surface area contributed by atoms with Crippen LogP contribution in [0, 0.1) is 10.1 Å². The van der Waals surface area contributed by atoms with Crippen molar-refractivity contribution in [3.8, 4) is 11.4 Å². The molecule has 4 aromatic rings. The fourth-order valence-corrected chi connectivity index (χ4v) is 4.94. The molecule has 1 fully saturated rings. The lowest BCUT2D eigenvalue weighted by Crippen LogP contribution is -2.30. The largest absolute Gasteiger partial charge is 0.495 e. The van der Waals surface area contributed by atoms with Gasteiger partial charge in [-0.1, -0.05) is 17.7 Å². The van der Waals surface area contributed by atoms with E-state index < -0.39 is 4.92 Å². The van der Waals surface area contributed by atoms with E-state index in [-0.39, 0.29) is 17.8 Å². The first-order valence-corrected chi connectivity index (χ1v) is 11.5. The lowest BCUT2D eigenvalue weighted by Gasteiger charge is -2.29. The second-order valence-corrected chi connectivity index (χ2v) is 8.69. The topological polar surface area (TPSA) is 85.5 Å². The Morgan fingerprint density at radius 3 is 2.51 bits per heavy atom. The van der Waals surface area contributed by atoms with Gasteiger partial charge in [0.25, 0.3) is 5.69 Å². The fourth-order valence-electron chi connectivity index (χ4n) is 4.34. The molecule has 176 valence electrons. The standard InChI is InChI=1S/C25H20ClN5O3S/c1-34-22-12-11-18(15-19(22)26)30-24(23(28-25(30)35)20-5-2-3-13-27-20)21-6-4-14-29(21)16-7-9-17(10-8-16)31(32)33/h2-15,23-24H,1H3,(H,28,35). The number of anilines is 1. The highest BCUT2D eigenvalue weighted by Gasteiger charge is 2.42. The molecule has 10 heteroatoms. The quantitative estimate of drug-likeness (QED) is 0.207. The molecular formula is C25H20ClN5O3S. The van der Waals surface area contributed by atoms with Gasteiger partial charge in [0.15, 0.2) is 5.11 Å². The summed E-state index contributed by atoms with van der Waals surface area (Å²) in [5, 5.41) is 15.6. The lowest BCUT2D eigenvalue weighted by molar-refractivity contribution is -0.384. The molecule has 0 spiro atoms. The van der Waals surface area contributed by atoms with Gasteiger partial charge >= 0.3 is 0 Å². The molecule has 0 bridgehead atoms. The number of halogens is 1. The molecule has 3 heterocycles. The van der Waals surface area contributed by atoms with Crippen molar-refractivity contribution in [1.82, 2.24) is 14.9 Å². The van der Waals surface area contributed by atoms with Crippen molar-refractivity contribution in [2.75, 3.05) is 12.0 Å². The number of methoxy groups -OCH3 is 1. The summed E-state index contributed by atoms with van der Waals surface area (Å²) in [6, 6.07) is 21.1. The van der Waals surface area contributed by atoms with Crippen LogP contribution in [0.5, 0.6) is 5.75 Å². The van der Waals surface area contributed by atoms with E-state index in [1.807, 2.05) is 58.1 Å². The molecule has 8 nitrogen and oxygen atoms in total. The average Bonchev–Trinajstić information content (AvgIpc) is 3.49. The van der Waals surface area contributed by atoms with Crippen LogP contribution in [0.1, 0.15) is 23.5 Å². The van der Waals surface area contributed by atoms with Crippen molar-refractivity contribution in [3.05, 3.63) is 112 Å². The summed E-state index contributed by atoms with van der Waals surface area (Å²) < 4.78 is 7.32. The lowest BCUT2D eigenvalue weighted by atomic mass is 10.0. The molecule has 2 atom stereocenters. The van der Waals surface area contributed by atoms with E-state index in [2.05, 4.69) is 10.3 Å². The zero-order valence-electron chi connectivity index (χ0n) is 18.5. The Morgan fingerprint density at radius 1 is 1.09 bits per heavy atom. The molecular weight excluding hydrogens is 486 g/mol. The molecule has 2 aromatic heterocycles. The zero-order valence-corrected chi connectivity index (χ0v) is 20.1. The minimum Gasteiger partial charge on any atom is -0.495 e. The maximum absolute atomic E-state index is 11.1. The highest BCUT2D eigenvalue weighted by atomic mass is 35.5. The van der Waals surface area contributed by atoms with E-state index in [9.17, 15) is 10.1 Å². The van der Waals surface area contributed by atoms with Gasteiger partial charge in [-0.25, -0.2) is 0 Å². The highest BCUT2D eigenvalue weighted by molar-refractivity contribution is 7.80. The Kier molecular flexibility index (Phi) is 6.10. The van der Waals surface area contributed by atoms with Gasteiger partial charge < -0.3 is 19.5 Å². The summed E-state index contributed by atoms with van der Waals surface area (Å²) in [6.07, 6.45) is 3.67. The van der Waals surface area contributed by atoms with Gasteiger partial charge in [-0.2, -0.15) is 0 Å². The summed E-state index contributed by atoms with van der Waals surface area (Å²) >= 11 is 12.3. The van der Waals surface area contributed by atoms with Gasteiger partial charge in [0.1, 0.15) is 11.8 Å². The van der Waals surface area contributed by atoms with E-state index >= 15 is 0 Å². The van der Waals surface area contributed by atoms with Gasteiger partial charge in [-0.3, -0.25) is 15.1 Å². The summed E-state index contributed by atoms with van der Waals surface area (Å²) in [5.41, 5.74) is 3.38. The minimum atomic E-state index is -0.411. The molecule has 1 aliphatic rings. The van der Waals surface area contributed by atoms with E-state index in [4.69, 9.17) is 28.6 Å². The van der Waals surface area contributed by atoms with Gasteiger partial charge in [0.2, 0.25) is 0 Å². The number of nitrogens with one attached hydrogen (secondary N) is 1. The van der Waals surface area contributed by atoms with Crippen LogP contribution in [-0.4, -0.2) is 26.7 Å². The zero-order chi connectivity index (χ0) is 24.5. The normalized spacial score (nSPS) is 17.3. The van der Waals surface area contributed by atoms with Crippen LogP contribution in [0.25, 0.3) is 5.69 Å².